The summed E-state index contributed by atoms with van der Waals surface area (Å²) in [7, 11) is 0. The molecule has 0 spiro atoms. The number of rotatable bonds is 7. The fraction of sp³-hybridized carbons (Fsp3) is 0.615. The van der Waals surface area contributed by atoms with E-state index in [0.717, 1.165) is 36.5 Å². The van der Waals surface area contributed by atoms with Gasteiger partial charge >= 0.3 is 0 Å². The minimum Gasteiger partial charge on any atom is -0.103 e. The SMILES string of the molecule is C=CCCc1ccc(C2=CCC(C3CCC(CC4CC4)CC3)CC2)cc1. The summed E-state index contributed by atoms with van der Waals surface area (Å²) < 4.78 is 0. The van der Waals surface area contributed by atoms with Crippen LogP contribution in [0.3, 0.4) is 0 Å². The van der Waals surface area contributed by atoms with Crippen molar-refractivity contribution in [2.45, 2.75) is 77.0 Å². The molecule has 1 unspecified atom stereocenters. The van der Waals surface area contributed by atoms with E-state index in [4.69, 9.17) is 0 Å². The van der Waals surface area contributed by atoms with Gasteiger partial charge in [-0.05, 0) is 91.7 Å². The van der Waals surface area contributed by atoms with Crippen molar-refractivity contribution in [2.75, 3.05) is 0 Å². The Morgan fingerprint density at radius 2 is 1.54 bits per heavy atom. The minimum absolute atomic E-state index is 0.965. The zero-order chi connectivity index (χ0) is 17.8. The van der Waals surface area contributed by atoms with E-state index in [1.807, 2.05) is 6.08 Å². The molecule has 140 valence electrons. The molecule has 0 aromatic heterocycles. The summed E-state index contributed by atoms with van der Waals surface area (Å²) in [4.78, 5) is 0. The van der Waals surface area contributed by atoms with Crippen molar-refractivity contribution >= 4 is 5.57 Å². The van der Waals surface area contributed by atoms with E-state index in [1.165, 1.54) is 68.9 Å². The Kier molecular flexibility index (Phi) is 5.98. The van der Waals surface area contributed by atoms with Gasteiger partial charge in [0.1, 0.15) is 0 Å². The van der Waals surface area contributed by atoms with Gasteiger partial charge in [0.15, 0.2) is 0 Å². The van der Waals surface area contributed by atoms with Gasteiger partial charge in [-0.15, -0.1) is 6.58 Å². The predicted molar refractivity (Wildman–Crippen MR) is 113 cm³/mol. The van der Waals surface area contributed by atoms with Crippen LogP contribution in [0.5, 0.6) is 0 Å². The van der Waals surface area contributed by atoms with Crippen molar-refractivity contribution in [3.05, 3.63) is 54.1 Å². The first kappa shape index (κ1) is 18.1. The standard InChI is InChI=1S/C26H36/c1-2-3-4-20-7-11-23(12-8-20)25-15-17-26(18-16-25)24-13-9-22(10-14-24)19-21-5-6-21/h2,7-8,11-12,15,21-22,24,26H,1,3-6,9-10,13-14,16-19H2. The monoisotopic (exact) mass is 348 g/mol. The van der Waals surface area contributed by atoms with Crippen LogP contribution in [0.25, 0.3) is 5.57 Å². The Hall–Kier alpha value is -1.30. The maximum Gasteiger partial charge on any atom is -0.0228 e. The lowest BCUT2D eigenvalue weighted by atomic mass is 9.70. The second-order valence-electron chi connectivity index (χ2n) is 9.25. The fourth-order valence-corrected chi connectivity index (χ4v) is 5.42. The second-order valence-corrected chi connectivity index (χ2v) is 9.25. The third kappa shape index (κ3) is 4.70. The normalized spacial score (nSPS) is 29.2. The van der Waals surface area contributed by atoms with Crippen molar-refractivity contribution in [3.8, 4) is 0 Å². The topological polar surface area (TPSA) is 0 Å². The van der Waals surface area contributed by atoms with Gasteiger partial charge in [0.2, 0.25) is 0 Å². The first-order chi connectivity index (χ1) is 12.8. The van der Waals surface area contributed by atoms with Gasteiger partial charge in [-0.25, -0.2) is 0 Å². The molecule has 0 amide bonds. The number of hydrogen-bond acceptors (Lipinski definition) is 0. The van der Waals surface area contributed by atoms with E-state index in [2.05, 4.69) is 36.9 Å². The molecular weight excluding hydrogens is 312 g/mol. The Balaban J connectivity index is 1.27. The Morgan fingerprint density at radius 1 is 0.846 bits per heavy atom. The number of hydrogen-bond donors (Lipinski definition) is 0. The molecule has 0 saturated heterocycles. The van der Waals surface area contributed by atoms with E-state index in [0.29, 0.717) is 0 Å². The van der Waals surface area contributed by atoms with Crippen molar-refractivity contribution < 1.29 is 0 Å². The van der Waals surface area contributed by atoms with Crippen LogP contribution < -0.4 is 0 Å². The van der Waals surface area contributed by atoms with Gasteiger partial charge in [0.05, 0.1) is 0 Å². The van der Waals surface area contributed by atoms with Crippen molar-refractivity contribution in [2.24, 2.45) is 23.7 Å². The van der Waals surface area contributed by atoms with Crippen LogP contribution in [-0.4, -0.2) is 0 Å². The molecule has 0 radical (unpaired) electrons. The first-order valence-electron chi connectivity index (χ1n) is 11.2. The highest BCUT2D eigenvalue weighted by Crippen LogP contribution is 2.45. The zero-order valence-corrected chi connectivity index (χ0v) is 16.5. The third-order valence-corrected chi connectivity index (χ3v) is 7.33. The summed E-state index contributed by atoms with van der Waals surface area (Å²) in [5, 5.41) is 0. The second kappa shape index (κ2) is 8.59. The molecule has 0 nitrogen and oxygen atoms in total. The smallest absolute Gasteiger partial charge is 0.0228 e. The summed E-state index contributed by atoms with van der Waals surface area (Å²) in [5.41, 5.74) is 4.49. The fourth-order valence-electron chi connectivity index (χ4n) is 5.42. The summed E-state index contributed by atoms with van der Waals surface area (Å²) in [6, 6.07) is 9.31. The Labute approximate surface area is 160 Å². The van der Waals surface area contributed by atoms with Crippen LogP contribution in [0.15, 0.2) is 43.0 Å². The van der Waals surface area contributed by atoms with Crippen LogP contribution in [0.1, 0.15) is 81.8 Å². The number of aryl methyl sites for hydroxylation is 1. The highest BCUT2D eigenvalue weighted by Gasteiger charge is 2.31. The van der Waals surface area contributed by atoms with Crippen molar-refractivity contribution in [3.63, 3.8) is 0 Å². The lowest BCUT2D eigenvalue weighted by Gasteiger charge is -2.35. The van der Waals surface area contributed by atoms with E-state index in [9.17, 15) is 0 Å². The molecule has 1 aromatic rings. The molecule has 0 N–H and O–H groups in total. The summed E-state index contributed by atoms with van der Waals surface area (Å²) in [5.74, 6) is 4.19. The zero-order valence-electron chi connectivity index (χ0n) is 16.5. The molecule has 0 heteroatoms. The van der Waals surface area contributed by atoms with Crippen LogP contribution in [0.2, 0.25) is 0 Å². The molecule has 0 heterocycles. The van der Waals surface area contributed by atoms with Crippen molar-refractivity contribution in [1.82, 2.24) is 0 Å². The van der Waals surface area contributed by atoms with Gasteiger partial charge in [0, 0.05) is 0 Å². The third-order valence-electron chi connectivity index (χ3n) is 7.33. The first-order valence-corrected chi connectivity index (χ1v) is 11.2. The minimum atomic E-state index is 0.965. The molecular formula is C26H36. The maximum absolute atomic E-state index is 3.82. The van der Waals surface area contributed by atoms with E-state index in [-0.39, 0.29) is 0 Å². The van der Waals surface area contributed by atoms with Gasteiger partial charge < -0.3 is 0 Å². The molecule has 1 aromatic carbocycles. The summed E-state index contributed by atoms with van der Waals surface area (Å²) in [6.07, 6.45) is 21.5. The lowest BCUT2D eigenvalue weighted by molar-refractivity contribution is 0.186. The van der Waals surface area contributed by atoms with Crippen LogP contribution >= 0.6 is 0 Å². The predicted octanol–water partition coefficient (Wildman–Crippen LogP) is 7.60. The molecule has 3 aliphatic carbocycles. The molecule has 3 aliphatic rings. The molecule has 0 bridgehead atoms. The van der Waals surface area contributed by atoms with Gasteiger partial charge in [-0.2, -0.15) is 0 Å². The highest BCUT2D eigenvalue weighted by molar-refractivity contribution is 5.66. The van der Waals surface area contributed by atoms with E-state index >= 15 is 0 Å². The molecule has 2 saturated carbocycles. The lowest BCUT2D eigenvalue weighted by Crippen LogP contribution is -2.23. The molecule has 1 atom stereocenters. The quantitative estimate of drug-likeness (QED) is 0.445. The molecule has 2 fully saturated rings. The van der Waals surface area contributed by atoms with E-state index in [1.54, 1.807) is 12.0 Å². The maximum atomic E-state index is 3.82. The average Bonchev–Trinajstić information content (AvgIpc) is 3.52. The number of allylic oxidation sites excluding steroid dienone is 3. The van der Waals surface area contributed by atoms with E-state index < -0.39 is 0 Å². The molecule has 4 rings (SSSR count). The summed E-state index contributed by atoms with van der Waals surface area (Å²) >= 11 is 0. The molecule has 26 heavy (non-hydrogen) atoms. The largest absolute Gasteiger partial charge is 0.103 e. The van der Waals surface area contributed by atoms with Gasteiger partial charge in [-0.3, -0.25) is 0 Å². The van der Waals surface area contributed by atoms with Gasteiger partial charge in [-0.1, -0.05) is 62.1 Å². The van der Waals surface area contributed by atoms with Crippen LogP contribution in [0, 0.1) is 23.7 Å². The number of benzene rings is 1. The molecule has 0 aliphatic heterocycles. The van der Waals surface area contributed by atoms with Crippen LogP contribution in [0.4, 0.5) is 0 Å². The van der Waals surface area contributed by atoms with Crippen molar-refractivity contribution in [1.29, 1.82) is 0 Å². The highest BCUT2D eigenvalue weighted by atomic mass is 14.4. The van der Waals surface area contributed by atoms with Crippen LogP contribution in [-0.2, 0) is 6.42 Å². The van der Waals surface area contributed by atoms with Gasteiger partial charge in [0.25, 0.3) is 0 Å². The Morgan fingerprint density at radius 3 is 2.12 bits per heavy atom. The average molecular weight is 349 g/mol. The summed E-state index contributed by atoms with van der Waals surface area (Å²) in [6.45, 7) is 3.82. The Bertz CT molecular complexity index is 608.